The first-order valence-corrected chi connectivity index (χ1v) is 6.83. The normalized spacial score (nSPS) is 24.9. The van der Waals surface area contributed by atoms with Gasteiger partial charge in [0.1, 0.15) is 5.00 Å². The van der Waals surface area contributed by atoms with Gasteiger partial charge < -0.3 is 15.8 Å². The summed E-state index contributed by atoms with van der Waals surface area (Å²) in [7, 11) is 1.76. The molecule has 0 radical (unpaired) electrons. The molecule has 0 aromatic carbocycles. The third-order valence-electron chi connectivity index (χ3n) is 2.64. The molecule has 1 aromatic rings. The van der Waals surface area contributed by atoms with Crippen LogP contribution < -0.4 is 11.1 Å². The van der Waals surface area contributed by atoms with Crippen molar-refractivity contribution in [3.63, 3.8) is 0 Å². The van der Waals surface area contributed by atoms with Crippen molar-refractivity contribution in [2.24, 2.45) is 0 Å². The molecule has 1 aromatic heterocycles. The fraction of sp³-hybridized carbons (Fsp3) is 0.667. The molecule has 0 atom stereocenters. The predicted molar refractivity (Wildman–Crippen MR) is 65.7 cm³/mol. The first-order chi connectivity index (χ1) is 7.24. The molecule has 15 heavy (non-hydrogen) atoms. The van der Waals surface area contributed by atoms with E-state index in [1.807, 2.05) is 6.26 Å². The van der Waals surface area contributed by atoms with E-state index in [1.54, 1.807) is 18.9 Å². The summed E-state index contributed by atoms with van der Waals surface area (Å²) in [6.45, 7) is 0. The van der Waals surface area contributed by atoms with Gasteiger partial charge in [0.25, 0.3) is 0 Å². The van der Waals surface area contributed by atoms with E-state index in [9.17, 15) is 0 Å². The van der Waals surface area contributed by atoms with Crippen molar-refractivity contribution in [2.45, 2.75) is 29.9 Å². The van der Waals surface area contributed by atoms with Crippen LogP contribution in [0.2, 0.25) is 0 Å². The van der Waals surface area contributed by atoms with Crippen LogP contribution >= 0.6 is 23.3 Å². The molecule has 84 valence electrons. The maximum Gasteiger partial charge on any atom is 0.153 e. The Morgan fingerprint density at radius 2 is 2.33 bits per heavy atom. The van der Waals surface area contributed by atoms with Crippen LogP contribution in [0.3, 0.4) is 0 Å². The highest BCUT2D eigenvalue weighted by molar-refractivity contribution is 7.99. The van der Waals surface area contributed by atoms with E-state index in [0.29, 0.717) is 18.0 Å². The standard InChI is InChI=1S/C9H15N3OS2/c1-13-6-3-5(4-6)11-9-7(14-2)8(10)12-15-9/h5-6,11H,3-4H2,1-2H3,(H2,10,12). The number of anilines is 2. The molecule has 0 bridgehead atoms. The van der Waals surface area contributed by atoms with Crippen molar-refractivity contribution in [2.75, 3.05) is 24.4 Å². The predicted octanol–water partition coefficient (Wildman–Crippen LogP) is 2.04. The number of nitrogens with two attached hydrogens (primary N) is 1. The first kappa shape index (κ1) is 11.0. The molecule has 0 spiro atoms. The number of ether oxygens (including phenoxy) is 1. The number of hydrogen-bond acceptors (Lipinski definition) is 6. The largest absolute Gasteiger partial charge is 0.382 e. The molecule has 3 N–H and O–H groups in total. The van der Waals surface area contributed by atoms with Crippen LogP contribution in [0.4, 0.5) is 10.8 Å². The van der Waals surface area contributed by atoms with Gasteiger partial charge in [0.05, 0.1) is 11.0 Å². The zero-order chi connectivity index (χ0) is 10.8. The summed E-state index contributed by atoms with van der Waals surface area (Å²) in [6.07, 6.45) is 4.58. The van der Waals surface area contributed by atoms with E-state index in [4.69, 9.17) is 10.5 Å². The van der Waals surface area contributed by atoms with E-state index in [-0.39, 0.29) is 0 Å². The summed E-state index contributed by atoms with van der Waals surface area (Å²) in [6, 6.07) is 0.515. The maximum atomic E-state index is 5.75. The molecule has 1 heterocycles. The van der Waals surface area contributed by atoms with Crippen molar-refractivity contribution < 1.29 is 4.74 Å². The van der Waals surface area contributed by atoms with Gasteiger partial charge in [-0.2, -0.15) is 4.37 Å². The Labute approximate surface area is 97.7 Å². The van der Waals surface area contributed by atoms with Gasteiger partial charge in [-0.05, 0) is 30.6 Å². The lowest BCUT2D eigenvalue weighted by Crippen LogP contribution is -2.40. The summed E-state index contributed by atoms with van der Waals surface area (Å²) >= 11 is 3.08. The lowest BCUT2D eigenvalue weighted by Gasteiger charge is -2.34. The van der Waals surface area contributed by atoms with Crippen LogP contribution in [0.25, 0.3) is 0 Å². The van der Waals surface area contributed by atoms with Crippen LogP contribution in [0, 0.1) is 0 Å². The van der Waals surface area contributed by atoms with Crippen LogP contribution in [0.1, 0.15) is 12.8 Å². The van der Waals surface area contributed by atoms with Gasteiger partial charge in [0, 0.05) is 13.2 Å². The fourth-order valence-corrected chi connectivity index (χ4v) is 3.25. The molecule has 0 unspecified atom stereocenters. The van der Waals surface area contributed by atoms with Crippen molar-refractivity contribution in [3.8, 4) is 0 Å². The number of nitrogens with one attached hydrogen (secondary N) is 1. The lowest BCUT2D eigenvalue weighted by atomic mass is 9.89. The van der Waals surface area contributed by atoms with Gasteiger partial charge in [-0.1, -0.05) is 0 Å². The molecule has 0 aliphatic heterocycles. The third kappa shape index (κ3) is 2.21. The van der Waals surface area contributed by atoms with Gasteiger partial charge in [0.2, 0.25) is 0 Å². The molecule has 1 saturated carbocycles. The minimum absolute atomic E-state index is 0.422. The number of hydrogen-bond donors (Lipinski definition) is 2. The Balaban J connectivity index is 1.94. The van der Waals surface area contributed by atoms with Crippen LogP contribution in [0.5, 0.6) is 0 Å². The zero-order valence-electron chi connectivity index (χ0n) is 8.82. The molecule has 1 fully saturated rings. The highest BCUT2D eigenvalue weighted by Gasteiger charge is 2.29. The molecule has 6 heteroatoms. The fourth-order valence-electron chi connectivity index (χ4n) is 1.64. The zero-order valence-corrected chi connectivity index (χ0v) is 10.5. The average molecular weight is 245 g/mol. The van der Waals surface area contributed by atoms with Gasteiger partial charge in [-0.3, -0.25) is 0 Å². The van der Waals surface area contributed by atoms with Crippen LogP contribution in [0.15, 0.2) is 4.90 Å². The van der Waals surface area contributed by atoms with E-state index in [2.05, 4.69) is 9.69 Å². The van der Waals surface area contributed by atoms with Crippen molar-refractivity contribution in [1.29, 1.82) is 0 Å². The summed E-state index contributed by atoms with van der Waals surface area (Å²) < 4.78 is 9.38. The second-order valence-electron chi connectivity index (χ2n) is 3.60. The van der Waals surface area contributed by atoms with E-state index in [1.165, 1.54) is 11.5 Å². The summed E-state index contributed by atoms with van der Waals surface area (Å²) in [4.78, 5) is 1.07. The molecule has 0 amide bonds. The molecule has 2 rings (SSSR count). The number of thioether (sulfide) groups is 1. The number of aromatic nitrogens is 1. The Bertz CT molecular complexity index is 336. The van der Waals surface area contributed by atoms with Gasteiger partial charge >= 0.3 is 0 Å². The second-order valence-corrected chi connectivity index (χ2v) is 5.19. The summed E-state index contributed by atoms with van der Waals surface area (Å²) in [5.41, 5.74) is 5.75. The smallest absolute Gasteiger partial charge is 0.153 e. The minimum atomic E-state index is 0.422. The minimum Gasteiger partial charge on any atom is -0.382 e. The van der Waals surface area contributed by atoms with Crippen molar-refractivity contribution in [1.82, 2.24) is 4.37 Å². The summed E-state index contributed by atoms with van der Waals surface area (Å²) in [5.74, 6) is 0.637. The number of nitrogen functional groups attached to an aromatic ring is 1. The quantitative estimate of drug-likeness (QED) is 0.795. The van der Waals surface area contributed by atoms with E-state index < -0.39 is 0 Å². The Morgan fingerprint density at radius 1 is 1.60 bits per heavy atom. The molecule has 1 aliphatic rings. The van der Waals surface area contributed by atoms with Gasteiger partial charge in [-0.25, -0.2) is 0 Å². The highest BCUT2D eigenvalue weighted by atomic mass is 32.2. The first-order valence-electron chi connectivity index (χ1n) is 4.83. The molecule has 1 aliphatic carbocycles. The monoisotopic (exact) mass is 245 g/mol. The molecule has 4 nitrogen and oxygen atoms in total. The van der Waals surface area contributed by atoms with Gasteiger partial charge in [0.15, 0.2) is 5.82 Å². The van der Waals surface area contributed by atoms with Crippen LogP contribution in [-0.2, 0) is 4.74 Å². The Morgan fingerprint density at radius 3 is 2.93 bits per heavy atom. The number of rotatable bonds is 4. The second kappa shape index (κ2) is 4.59. The Hall–Kier alpha value is -0.460. The van der Waals surface area contributed by atoms with Crippen LogP contribution in [-0.4, -0.2) is 29.9 Å². The number of methoxy groups -OCH3 is 1. The third-order valence-corrected chi connectivity index (χ3v) is 4.38. The highest BCUT2D eigenvalue weighted by Crippen LogP contribution is 2.37. The maximum absolute atomic E-state index is 5.75. The Kier molecular flexibility index (Phi) is 3.38. The van der Waals surface area contributed by atoms with Crippen molar-refractivity contribution >= 4 is 34.1 Å². The van der Waals surface area contributed by atoms with E-state index in [0.717, 1.165) is 22.7 Å². The molecule has 0 saturated heterocycles. The van der Waals surface area contributed by atoms with Crippen molar-refractivity contribution in [3.05, 3.63) is 0 Å². The SMILES string of the molecule is COC1CC(Nc2snc(N)c2SC)C1. The van der Waals surface area contributed by atoms with Gasteiger partial charge in [-0.15, -0.1) is 11.8 Å². The number of nitrogens with zero attached hydrogens (tertiary/aromatic N) is 1. The molecular weight excluding hydrogens is 230 g/mol. The summed E-state index contributed by atoms with van der Waals surface area (Å²) in [5, 5.41) is 4.56. The molecular formula is C9H15N3OS2. The lowest BCUT2D eigenvalue weighted by molar-refractivity contribution is 0.0329. The van der Waals surface area contributed by atoms with E-state index >= 15 is 0 Å². The average Bonchev–Trinajstić information content (AvgIpc) is 2.52. The topological polar surface area (TPSA) is 60.2 Å².